The van der Waals surface area contributed by atoms with Crippen LogP contribution in [-0.4, -0.2) is 49.4 Å². The van der Waals surface area contributed by atoms with Gasteiger partial charge in [-0.1, -0.05) is 29.3 Å². The second-order valence-electron chi connectivity index (χ2n) is 6.88. The van der Waals surface area contributed by atoms with Gasteiger partial charge in [0.1, 0.15) is 6.04 Å². The standard InChI is InChI=1S/C21H21Cl2N3O5/c1-30-18-4-3-12(5-19(18)31-2)10-24-20(28)17-9-16(27)11-26(17)21(29)25-15-7-13(22)6-14(23)8-15/h3-8,17H,9-11H2,1-2H3,(H,24,28)(H,25,29). The first kappa shape index (κ1) is 22.7. The summed E-state index contributed by atoms with van der Waals surface area (Å²) in [5.41, 5.74) is 1.14. The van der Waals surface area contributed by atoms with E-state index in [1.165, 1.54) is 37.3 Å². The van der Waals surface area contributed by atoms with E-state index < -0.39 is 18.0 Å². The third kappa shape index (κ3) is 5.59. The molecule has 0 saturated carbocycles. The molecule has 164 valence electrons. The quantitative estimate of drug-likeness (QED) is 0.680. The number of rotatable bonds is 6. The van der Waals surface area contributed by atoms with E-state index in [0.717, 1.165) is 5.56 Å². The minimum absolute atomic E-state index is 0.0541. The van der Waals surface area contributed by atoms with Crippen LogP contribution in [0, 0.1) is 0 Å². The zero-order chi connectivity index (χ0) is 22.5. The number of methoxy groups -OCH3 is 2. The van der Waals surface area contributed by atoms with Crippen molar-refractivity contribution in [3.8, 4) is 11.5 Å². The molecule has 31 heavy (non-hydrogen) atoms. The molecule has 0 radical (unpaired) electrons. The minimum Gasteiger partial charge on any atom is -0.493 e. The fourth-order valence-electron chi connectivity index (χ4n) is 3.26. The Bertz CT molecular complexity index is 994. The van der Waals surface area contributed by atoms with Gasteiger partial charge in [-0.2, -0.15) is 0 Å². The molecule has 1 saturated heterocycles. The summed E-state index contributed by atoms with van der Waals surface area (Å²) in [4.78, 5) is 38.6. The highest BCUT2D eigenvalue weighted by molar-refractivity contribution is 6.35. The van der Waals surface area contributed by atoms with Crippen molar-refractivity contribution in [3.63, 3.8) is 0 Å². The van der Waals surface area contributed by atoms with Gasteiger partial charge in [0, 0.05) is 28.7 Å². The molecule has 8 nitrogen and oxygen atoms in total. The summed E-state index contributed by atoms with van der Waals surface area (Å²) in [7, 11) is 3.06. The highest BCUT2D eigenvalue weighted by Crippen LogP contribution is 2.28. The molecule has 3 rings (SSSR count). The van der Waals surface area contributed by atoms with Crippen LogP contribution in [0.3, 0.4) is 0 Å². The minimum atomic E-state index is -0.915. The van der Waals surface area contributed by atoms with Gasteiger partial charge in [-0.15, -0.1) is 0 Å². The van der Waals surface area contributed by atoms with Crippen molar-refractivity contribution < 1.29 is 23.9 Å². The molecule has 0 spiro atoms. The first-order chi connectivity index (χ1) is 14.8. The van der Waals surface area contributed by atoms with Gasteiger partial charge in [0.25, 0.3) is 0 Å². The molecule has 2 aromatic rings. The summed E-state index contributed by atoms with van der Waals surface area (Å²) in [5, 5.41) is 6.10. The zero-order valence-corrected chi connectivity index (χ0v) is 18.4. The predicted molar refractivity (Wildman–Crippen MR) is 117 cm³/mol. The van der Waals surface area contributed by atoms with Crippen LogP contribution in [0.25, 0.3) is 0 Å². The third-order valence-electron chi connectivity index (χ3n) is 4.74. The molecule has 1 fully saturated rings. The Hall–Kier alpha value is -2.97. The van der Waals surface area contributed by atoms with Crippen LogP contribution in [0.4, 0.5) is 10.5 Å². The molecule has 1 unspecified atom stereocenters. The van der Waals surface area contributed by atoms with Crippen molar-refractivity contribution in [1.29, 1.82) is 0 Å². The summed E-state index contributed by atoms with van der Waals surface area (Å²) >= 11 is 11.9. The second-order valence-corrected chi connectivity index (χ2v) is 7.75. The van der Waals surface area contributed by atoms with E-state index in [-0.39, 0.29) is 25.3 Å². The topological polar surface area (TPSA) is 97.0 Å². The van der Waals surface area contributed by atoms with Gasteiger partial charge < -0.3 is 25.0 Å². The predicted octanol–water partition coefficient (Wildman–Crippen LogP) is 3.50. The molecule has 1 heterocycles. The number of anilines is 1. The van der Waals surface area contributed by atoms with Crippen molar-refractivity contribution in [2.75, 3.05) is 26.1 Å². The van der Waals surface area contributed by atoms with Gasteiger partial charge in [-0.25, -0.2) is 4.79 Å². The number of halogens is 2. The maximum atomic E-state index is 12.7. The van der Waals surface area contributed by atoms with Gasteiger partial charge in [-0.05, 0) is 35.9 Å². The van der Waals surface area contributed by atoms with E-state index in [0.29, 0.717) is 27.2 Å². The molecule has 0 bridgehead atoms. The Morgan fingerprint density at radius 3 is 2.39 bits per heavy atom. The Morgan fingerprint density at radius 1 is 1.06 bits per heavy atom. The number of likely N-dealkylation sites (tertiary alicyclic amines) is 1. The normalized spacial score (nSPS) is 15.5. The molecule has 0 aliphatic carbocycles. The largest absolute Gasteiger partial charge is 0.493 e. The van der Waals surface area contributed by atoms with Gasteiger partial charge in [-0.3, -0.25) is 9.59 Å². The molecule has 1 aliphatic heterocycles. The lowest BCUT2D eigenvalue weighted by molar-refractivity contribution is -0.125. The number of benzene rings is 2. The van der Waals surface area contributed by atoms with Gasteiger partial charge in [0.05, 0.1) is 20.8 Å². The number of urea groups is 1. The van der Waals surface area contributed by atoms with Gasteiger partial charge >= 0.3 is 6.03 Å². The lowest BCUT2D eigenvalue weighted by Crippen LogP contribution is -2.47. The Balaban J connectivity index is 1.66. The van der Waals surface area contributed by atoms with Crippen LogP contribution >= 0.6 is 23.2 Å². The maximum absolute atomic E-state index is 12.7. The molecule has 0 aromatic heterocycles. The number of hydrogen-bond acceptors (Lipinski definition) is 5. The summed E-state index contributed by atoms with van der Waals surface area (Å²) in [6.07, 6.45) is -0.0541. The van der Waals surface area contributed by atoms with Crippen molar-refractivity contribution in [3.05, 3.63) is 52.0 Å². The van der Waals surface area contributed by atoms with E-state index in [2.05, 4.69) is 10.6 Å². The van der Waals surface area contributed by atoms with Crippen LogP contribution in [0.15, 0.2) is 36.4 Å². The zero-order valence-electron chi connectivity index (χ0n) is 16.9. The first-order valence-corrected chi connectivity index (χ1v) is 10.1. The van der Waals surface area contributed by atoms with Crippen LogP contribution in [0.5, 0.6) is 11.5 Å². The van der Waals surface area contributed by atoms with E-state index in [1.54, 1.807) is 18.2 Å². The van der Waals surface area contributed by atoms with E-state index >= 15 is 0 Å². The summed E-state index contributed by atoms with van der Waals surface area (Å²) < 4.78 is 10.5. The number of Topliss-reactive ketones (excluding diaryl/α,β-unsaturated/α-hetero) is 1. The Kier molecular flexibility index (Phi) is 7.25. The molecule has 1 atom stereocenters. The van der Waals surface area contributed by atoms with Crippen molar-refractivity contribution in [2.24, 2.45) is 0 Å². The van der Waals surface area contributed by atoms with Crippen LogP contribution in [0.2, 0.25) is 10.0 Å². The number of nitrogens with zero attached hydrogens (tertiary/aromatic N) is 1. The monoisotopic (exact) mass is 465 g/mol. The summed E-state index contributed by atoms with van der Waals surface area (Å²) in [6.45, 7) is 0.0395. The lowest BCUT2D eigenvalue weighted by Gasteiger charge is -2.23. The fourth-order valence-corrected chi connectivity index (χ4v) is 3.78. The van der Waals surface area contributed by atoms with Gasteiger partial charge in [0.2, 0.25) is 5.91 Å². The van der Waals surface area contributed by atoms with Crippen molar-refractivity contribution in [2.45, 2.75) is 19.0 Å². The highest BCUT2D eigenvalue weighted by Gasteiger charge is 2.38. The van der Waals surface area contributed by atoms with Crippen molar-refractivity contribution >= 4 is 46.6 Å². The lowest BCUT2D eigenvalue weighted by atomic mass is 10.1. The van der Waals surface area contributed by atoms with Gasteiger partial charge in [0.15, 0.2) is 17.3 Å². The van der Waals surface area contributed by atoms with Crippen molar-refractivity contribution in [1.82, 2.24) is 10.2 Å². The number of carbonyl (C=O) groups excluding carboxylic acids is 3. The number of ketones is 1. The highest BCUT2D eigenvalue weighted by atomic mass is 35.5. The SMILES string of the molecule is COc1ccc(CNC(=O)C2CC(=O)CN2C(=O)Nc2cc(Cl)cc(Cl)c2)cc1OC. The Morgan fingerprint density at radius 2 is 1.74 bits per heavy atom. The number of hydrogen-bond donors (Lipinski definition) is 2. The van der Waals surface area contributed by atoms with E-state index in [9.17, 15) is 14.4 Å². The number of amides is 3. The number of nitrogens with one attached hydrogen (secondary N) is 2. The molecule has 10 heteroatoms. The van der Waals surface area contributed by atoms with E-state index in [4.69, 9.17) is 32.7 Å². The average Bonchev–Trinajstić information content (AvgIpc) is 3.13. The molecule has 3 amide bonds. The Labute approximate surface area is 189 Å². The van der Waals surface area contributed by atoms with Crippen LogP contribution in [-0.2, 0) is 16.1 Å². The molecular weight excluding hydrogens is 445 g/mol. The van der Waals surface area contributed by atoms with E-state index in [1.807, 2.05) is 0 Å². The average molecular weight is 466 g/mol. The fraction of sp³-hybridized carbons (Fsp3) is 0.286. The van der Waals surface area contributed by atoms with Crippen LogP contribution in [0.1, 0.15) is 12.0 Å². The smallest absolute Gasteiger partial charge is 0.322 e. The van der Waals surface area contributed by atoms with Crippen LogP contribution < -0.4 is 20.1 Å². The number of carbonyl (C=O) groups is 3. The molecule has 2 aromatic carbocycles. The summed E-state index contributed by atoms with van der Waals surface area (Å²) in [6, 6.07) is 8.33. The third-order valence-corrected chi connectivity index (χ3v) is 5.17. The first-order valence-electron chi connectivity index (χ1n) is 9.34. The molecule has 2 N–H and O–H groups in total. The molecular formula is C21H21Cl2N3O5. The summed E-state index contributed by atoms with van der Waals surface area (Å²) in [5.74, 6) is 0.472. The number of ether oxygens (including phenoxy) is 2. The molecule has 1 aliphatic rings. The second kappa shape index (κ2) is 9.89. The maximum Gasteiger partial charge on any atom is 0.322 e.